The Bertz CT molecular complexity index is 905. The monoisotopic (exact) mass is 342 g/mol. The smallest absolute Gasteiger partial charge is 0.0303 e. The molecule has 1 aromatic rings. The Hall–Kier alpha value is -2.22. The van der Waals surface area contributed by atoms with E-state index in [-0.39, 0.29) is 0 Å². The van der Waals surface area contributed by atoms with Crippen LogP contribution in [-0.2, 0) is 6.42 Å². The zero-order valence-electron chi connectivity index (χ0n) is 15.2. The Balaban J connectivity index is 1.36. The predicted octanol–water partition coefficient (Wildman–Crippen LogP) is 5.28. The number of nitrogens with zero attached hydrogens (tertiary/aromatic N) is 1. The number of rotatable bonds is 1. The van der Waals surface area contributed by atoms with Crippen molar-refractivity contribution in [2.24, 2.45) is 23.7 Å². The molecule has 1 aromatic heterocycles. The van der Waals surface area contributed by atoms with Crippen molar-refractivity contribution in [2.75, 3.05) is 0 Å². The first-order valence-corrected chi connectivity index (χ1v) is 10.3. The lowest BCUT2D eigenvalue weighted by molar-refractivity contribution is 0.297. The van der Waals surface area contributed by atoms with Crippen LogP contribution >= 0.6 is 0 Å². The van der Waals surface area contributed by atoms with Gasteiger partial charge in [0.05, 0.1) is 0 Å². The minimum absolute atomic E-state index is 0.637. The minimum Gasteiger partial charge on any atom is -0.362 e. The summed E-state index contributed by atoms with van der Waals surface area (Å²) in [6.07, 6.45) is 26.4. The normalized spacial score (nSPS) is 33.9. The maximum atomic E-state index is 3.82. The minimum atomic E-state index is 0.637. The SMILES string of the molecule is C1=CCCC(n2ccc3c2CC2C(=C3)NC3=CC4CCC=CC4CC32)=C1. The molecule has 2 heteroatoms. The standard InChI is InChI=1S/C24H26N2/c1-2-8-19(9-3-1)26-11-10-18-14-23-21(15-24(18)26)20-12-16-6-4-5-7-17(16)13-22(20)25-23/h1-2,4,6,8,10-11,13-14,16-17,20-21,25H,3,5,7,9,12,15H2. The quantitative estimate of drug-likeness (QED) is 0.687. The fraction of sp³-hybridized carbons (Fsp3) is 0.417. The third kappa shape index (κ3) is 2.17. The Kier molecular flexibility index (Phi) is 3.23. The van der Waals surface area contributed by atoms with Crippen molar-refractivity contribution in [1.82, 2.24) is 9.88 Å². The van der Waals surface area contributed by atoms with Crippen LogP contribution < -0.4 is 5.32 Å². The molecule has 0 amide bonds. The van der Waals surface area contributed by atoms with Crippen molar-refractivity contribution in [3.8, 4) is 0 Å². The van der Waals surface area contributed by atoms with E-state index in [1.165, 1.54) is 54.0 Å². The average molecular weight is 342 g/mol. The number of hydrogen-bond donors (Lipinski definition) is 1. The predicted molar refractivity (Wildman–Crippen MR) is 107 cm³/mol. The zero-order valence-corrected chi connectivity index (χ0v) is 15.2. The molecule has 26 heavy (non-hydrogen) atoms. The summed E-state index contributed by atoms with van der Waals surface area (Å²) in [6.45, 7) is 0. The molecule has 0 bridgehead atoms. The van der Waals surface area contributed by atoms with Crippen LogP contribution in [0.25, 0.3) is 11.8 Å². The van der Waals surface area contributed by atoms with Gasteiger partial charge >= 0.3 is 0 Å². The molecule has 0 saturated carbocycles. The molecular weight excluding hydrogens is 316 g/mol. The van der Waals surface area contributed by atoms with Gasteiger partial charge in [0.2, 0.25) is 0 Å². The molecule has 1 fully saturated rings. The van der Waals surface area contributed by atoms with Crippen LogP contribution in [0.1, 0.15) is 43.4 Å². The lowest BCUT2D eigenvalue weighted by Gasteiger charge is -2.35. The average Bonchev–Trinajstić information content (AvgIpc) is 3.25. The molecule has 132 valence electrons. The van der Waals surface area contributed by atoms with Gasteiger partial charge in [-0.2, -0.15) is 0 Å². The maximum Gasteiger partial charge on any atom is 0.0303 e. The van der Waals surface area contributed by atoms with Gasteiger partial charge in [0.25, 0.3) is 0 Å². The molecule has 5 aliphatic rings. The van der Waals surface area contributed by atoms with Crippen LogP contribution in [0.4, 0.5) is 0 Å². The van der Waals surface area contributed by atoms with Crippen molar-refractivity contribution < 1.29 is 0 Å². The molecule has 1 N–H and O–H groups in total. The number of aromatic nitrogens is 1. The highest BCUT2D eigenvalue weighted by molar-refractivity contribution is 5.65. The summed E-state index contributed by atoms with van der Waals surface area (Å²) in [6, 6.07) is 2.30. The van der Waals surface area contributed by atoms with Gasteiger partial charge in [-0.25, -0.2) is 0 Å². The molecule has 1 aliphatic heterocycles. The van der Waals surface area contributed by atoms with Gasteiger partial charge in [0.15, 0.2) is 0 Å². The van der Waals surface area contributed by atoms with Gasteiger partial charge in [0, 0.05) is 40.8 Å². The Morgan fingerprint density at radius 1 is 1.04 bits per heavy atom. The van der Waals surface area contributed by atoms with E-state index in [0.717, 1.165) is 24.7 Å². The summed E-state index contributed by atoms with van der Waals surface area (Å²) in [5.74, 6) is 2.84. The van der Waals surface area contributed by atoms with E-state index in [0.29, 0.717) is 11.8 Å². The van der Waals surface area contributed by atoms with Gasteiger partial charge in [-0.1, -0.05) is 30.4 Å². The second kappa shape index (κ2) is 5.64. The van der Waals surface area contributed by atoms with Gasteiger partial charge in [0.1, 0.15) is 0 Å². The molecule has 4 unspecified atom stereocenters. The zero-order chi connectivity index (χ0) is 17.1. The maximum absolute atomic E-state index is 3.82. The van der Waals surface area contributed by atoms with Crippen molar-refractivity contribution in [3.05, 3.63) is 71.4 Å². The van der Waals surface area contributed by atoms with Crippen LogP contribution in [0.15, 0.2) is 60.1 Å². The molecule has 0 radical (unpaired) electrons. The Morgan fingerprint density at radius 3 is 2.96 bits per heavy atom. The summed E-state index contributed by atoms with van der Waals surface area (Å²) < 4.78 is 2.47. The molecular formula is C24H26N2. The van der Waals surface area contributed by atoms with Crippen molar-refractivity contribution in [1.29, 1.82) is 0 Å². The fourth-order valence-corrected chi connectivity index (χ4v) is 5.80. The van der Waals surface area contributed by atoms with Crippen LogP contribution in [0.3, 0.4) is 0 Å². The first-order valence-electron chi connectivity index (χ1n) is 10.3. The van der Waals surface area contributed by atoms with E-state index < -0.39 is 0 Å². The molecule has 1 saturated heterocycles. The summed E-state index contributed by atoms with van der Waals surface area (Å²) in [5, 5.41) is 3.82. The number of fused-ring (bicyclic) bond motifs is 5. The summed E-state index contributed by atoms with van der Waals surface area (Å²) in [4.78, 5) is 0. The van der Waals surface area contributed by atoms with E-state index in [1.54, 1.807) is 0 Å². The highest BCUT2D eigenvalue weighted by Gasteiger charge is 2.43. The second-order valence-electron chi connectivity index (χ2n) is 8.55. The number of hydrogen-bond acceptors (Lipinski definition) is 1. The van der Waals surface area contributed by atoms with Crippen LogP contribution in [0, 0.1) is 23.7 Å². The third-order valence-corrected chi connectivity index (χ3v) is 7.15. The lowest BCUT2D eigenvalue weighted by atomic mass is 9.69. The molecule has 0 aromatic carbocycles. The third-order valence-electron chi connectivity index (χ3n) is 7.15. The Labute approximate surface area is 155 Å². The fourth-order valence-electron chi connectivity index (χ4n) is 5.80. The number of nitrogens with one attached hydrogen (secondary N) is 1. The second-order valence-corrected chi connectivity index (χ2v) is 8.55. The van der Waals surface area contributed by atoms with Crippen LogP contribution in [0.5, 0.6) is 0 Å². The van der Waals surface area contributed by atoms with Crippen LogP contribution in [0.2, 0.25) is 0 Å². The topological polar surface area (TPSA) is 17.0 Å². The molecule has 6 rings (SSSR count). The van der Waals surface area contributed by atoms with Gasteiger partial charge in [-0.3, -0.25) is 0 Å². The molecule has 2 heterocycles. The molecule has 0 spiro atoms. The highest BCUT2D eigenvalue weighted by Crippen LogP contribution is 2.49. The van der Waals surface area contributed by atoms with Crippen LogP contribution in [-0.4, -0.2) is 4.57 Å². The van der Waals surface area contributed by atoms with E-state index >= 15 is 0 Å². The van der Waals surface area contributed by atoms with E-state index in [1.807, 2.05) is 0 Å². The van der Waals surface area contributed by atoms with E-state index in [4.69, 9.17) is 0 Å². The Morgan fingerprint density at radius 2 is 2.04 bits per heavy atom. The summed E-state index contributed by atoms with van der Waals surface area (Å²) in [7, 11) is 0. The van der Waals surface area contributed by atoms with Crippen molar-refractivity contribution in [2.45, 2.75) is 38.5 Å². The first-order chi connectivity index (χ1) is 12.9. The van der Waals surface area contributed by atoms with Gasteiger partial charge < -0.3 is 9.88 Å². The van der Waals surface area contributed by atoms with E-state index in [2.05, 4.69) is 64.7 Å². The highest BCUT2D eigenvalue weighted by atomic mass is 15.0. The first kappa shape index (κ1) is 14.9. The summed E-state index contributed by atoms with van der Waals surface area (Å²) >= 11 is 0. The largest absolute Gasteiger partial charge is 0.362 e. The number of allylic oxidation sites excluding steroid dienone is 9. The summed E-state index contributed by atoms with van der Waals surface area (Å²) in [5.41, 5.74) is 7.37. The van der Waals surface area contributed by atoms with Crippen molar-refractivity contribution >= 4 is 11.8 Å². The van der Waals surface area contributed by atoms with E-state index in [9.17, 15) is 0 Å². The lowest BCUT2D eigenvalue weighted by Crippen LogP contribution is -2.27. The van der Waals surface area contributed by atoms with Gasteiger partial charge in [-0.05, 0) is 74.1 Å². The van der Waals surface area contributed by atoms with Gasteiger partial charge in [-0.15, -0.1) is 0 Å². The molecule has 4 atom stereocenters. The van der Waals surface area contributed by atoms with Crippen molar-refractivity contribution in [3.63, 3.8) is 0 Å². The molecule has 2 nitrogen and oxygen atoms in total. The molecule has 4 aliphatic carbocycles.